The largest absolute Gasteiger partial charge is 0.351 e. The Morgan fingerprint density at radius 1 is 1.30 bits per heavy atom. The first kappa shape index (κ1) is 17.3. The molecule has 3 heterocycles. The van der Waals surface area contributed by atoms with Crippen molar-refractivity contribution >= 4 is 22.7 Å². The number of hydrogen-bond acceptors (Lipinski definition) is 5. The normalized spacial score (nSPS) is 15.2. The lowest BCUT2D eigenvalue weighted by Gasteiger charge is -2.31. The summed E-state index contributed by atoms with van der Waals surface area (Å²) < 4.78 is 4.99. The average molecular weight is 367 g/mol. The molecule has 2 aromatic heterocycles. The third-order valence-corrected chi connectivity index (χ3v) is 4.90. The number of carbonyl (C=O) groups excluding carboxylic acids is 2. The maximum Gasteiger partial charge on any atom is 0.270 e. The van der Waals surface area contributed by atoms with Gasteiger partial charge in [0.25, 0.3) is 5.91 Å². The Hall–Kier alpha value is -3.16. The molecular weight excluding hydrogens is 346 g/mol. The summed E-state index contributed by atoms with van der Waals surface area (Å²) in [5.74, 6) is 0.770. The van der Waals surface area contributed by atoms with Crippen LogP contribution < -0.4 is 5.32 Å². The molecule has 2 amide bonds. The Morgan fingerprint density at radius 3 is 2.78 bits per heavy atom. The van der Waals surface area contributed by atoms with Gasteiger partial charge in [0, 0.05) is 29.9 Å². The average Bonchev–Trinajstić information content (AvgIpc) is 3.31. The van der Waals surface area contributed by atoms with Crippen LogP contribution in [-0.2, 0) is 11.3 Å². The summed E-state index contributed by atoms with van der Waals surface area (Å²) in [6.45, 7) is 3.08. The van der Waals surface area contributed by atoms with E-state index >= 15 is 0 Å². The van der Waals surface area contributed by atoms with Crippen LogP contribution in [-0.4, -0.2) is 44.9 Å². The summed E-state index contributed by atoms with van der Waals surface area (Å²) in [5, 5.41) is 7.55. The number of nitrogens with one attached hydrogen (secondary N) is 2. The Morgan fingerprint density at radius 2 is 2.07 bits per heavy atom. The van der Waals surface area contributed by atoms with Gasteiger partial charge in [0.05, 0.1) is 6.54 Å². The Labute approximate surface area is 155 Å². The van der Waals surface area contributed by atoms with E-state index in [0.29, 0.717) is 43.3 Å². The predicted octanol–water partition coefficient (Wildman–Crippen LogP) is 2.03. The number of piperidine rings is 1. The highest BCUT2D eigenvalue weighted by molar-refractivity contribution is 5.98. The third kappa shape index (κ3) is 3.69. The van der Waals surface area contributed by atoms with Crippen LogP contribution in [0.25, 0.3) is 10.9 Å². The topological polar surface area (TPSA) is 104 Å². The number of nitrogens with zero attached hydrogens (tertiary/aromatic N) is 3. The molecule has 0 radical (unpaired) electrons. The van der Waals surface area contributed by atoms with Gasteiger partial charge in [0.1, 0.15) is 5.69 Å². The molecule has 3 aromatic rings. The van der Waals surface area contributed by atoms with Gasteiger partial charge in [-0.1, -0.05) is 23.4 Å². The minimum Gasteiger partial charge on any atom is -0.351 e. The zero-order valence-corrected chi connectivity index (χ0v) is 15.1. The van der Waals surface area contributed by atoms with E-state index in [-0.39, 0.29) is 24.3 Å². The van der Waals surface area contributed by atoms with Crippen molar-refractivity contribution in [2.75, 3.05) is 13.1 Å². The number of rotatable bonds is 4. The lowest BCUT2D eigenvalue weighted by molar-refractivity contribution is -0.126. The molecule has 1 aliphatic heterocycles. The van der Waals surface area contributed by atoms with Crippen molar-refractivity contribution in [3.8, 4) is 0 Å². The van der Waals surface area contributed by atoms with E-state index in [1.807, 2.05) is 30.3 Å². The molecule has 1 fully saturated rings. The molecule has 2 N–H and O–H groups in total. The summed E-state index contributed by atoms with van der Waals surface area (Å²) in [4.78, 5) is 34.1. The molecule has 140 valence electrons. The molecule has 8 nitrogen and oxygen atoms in total. The van der Waals surface area contributed by atoms with Gasteiger partial charge in [-0.2, -0.15) is 4.98 Å². The first-order valence-corrected chi connectivity index (χ1v) is 9.04. The molecule has 8 heteroatoms. The Bertz CT molecular complexity index is 936. The van der Waals surface area contributed by atoms with Gasteiger partial charge in [0.15, 0.2) is 5.82 Å². The molecule has 1 aliphatic rings. The molecule has 0 unspecified atom stereocenters. The van der Waals surface area contributed by atoms with Gasteiger partial charge in [-0.3, -0.25) is 9.59 Å². The van der Waals surface area contributed by atoms with Crippen molar-refractivity contribution in [2.45, 2.75) is 26.3 Å². The summed E-state index contributed by atoms with van der Waals surface area (Å²) in [6.07, 6.45) is 1.28. The summed E-state index contributed by atoms with van der Waals surface area (Å²) >= 11 is 0. The maximum absolute atomic E-state index is 12.7. The van der Waals surface area contributed by atoms with Crippen molar-refractivity contribution in [2.24, 2.45) is 5.92 Å². The van der Waals surface area contributed by atoms with Crippen molar-refractivity contribution < 1.29 is 14.1 Å². The Kier molecular flexibility index (Phi) is 4.62. The van der Waals surface area contributed by atoms with Gasteiger partial charge >= 0.3 is 0 Å². The standard InChI is InChI=1S/C19H21N5O3/c1-12-21-17(27-23-12)11-20-18(25)13-6-8-24(9-7-13)19(26)16-10-14-4-2-3-5-15(14)22-16/h2-5,10,13,22H,6-9,11H2,1H3,(H,20,25). The van der Waals surface area contributed by atoms with Gasteiger partial charge in [0.2, 0.25) is 11.8 Å². The van der Waals surface area contributed by atoms with Gasteiger partial charge < -0.3 is 19.7 Å². The number of carbonyl (C=O) groups is 2. The fraction of sp³-hybridized carbons (Fsp3) is 0.368. The van der Waals surface area contributed by atoms with E-state index in [4.69, 9.17) is 4.52 Å². The number of amides is 2. The molecule has 0 aliphatic carbocycles. The molecular formula is C19H21N5O3. The van der Waals surface area contributed by atoms with Gasteiger partial charge in [-0.25, -0.2) is 0 Å². The van der Waals surface area contributed by atoms with E-state index in [9.17, 15) is 9.59 Å². The fourth-order valence-corrected chi connectivity index (χ4v) is 3.42. The molecule has 1 aromatic carbocycles. The minimum absolute atomic E-state index is 0.0219. The predicted molar refractivity (Wildman–Crippen MR) is 97.8 cm³/mol. The van der Waals surface area contributed by atoms with Gasteiger partial charge in [-0.15, -0.1) is 0 Å². The zero-order valence-electron chi connectivity index (χ0n) is 15.1. The summed E-state index contributed by atoms with van der Waals surface area (Å²) in [6, 6.07) is 9.69. The van der Waals surface area contributed by atoms with Crippen molar-refractivity contribution in [1.82, 2.24) is 25.3 Å². The van der Waals surface area contributed by atoms with Crippen LogP contribution in [0.1, 0.15) is 35.0 Å². The van der Waals surface area contributed by atoms with Crippen LogP contribution in [0.2, 0.25) is 0 Å². The summed E-state index contributed by atoms with van der Waals surface area (Å²) in [5.41, 5.74) is 1.54. The van der Waals surface area contributed by atoms with Crippen molar-refractivity contribution in [1.29, 1.82) is 0 Å². The highest BCUT2D eigenvalue weighted by Gasteiger charge is 2.28. The van der Waals surface area contributed by atoms with E-state index in [1.165, 1.54) is 0 Å². The number of para-hydroxylation sites is 1. The monoisotopic (exact) mass is 367 g/mol. The number of aromatic nitrogens is 3. The molecule has 1 saturated heterocycles. The minimum atomic E-state index is -0.110. The number of aromatic amines is 1. The second-order valence-electron chi connectivity index (χ2n) is 6.79. The maximum atomic E-state index is 12.7. The van der Waals surface area contributed by atoms with E-state index in [0.717, 1.165) is 10.9 Å². The number of aryl methyl sites for hydroxylation is 1. The number of H-pyrrole nitrogens is 1. The third-order valence-electron chi connectivity index (χ3n) is 4.90. The highest BCUT2D eigenvalue weighted by atomic mass is 16.5. The second-order valence-corrected chi connectivity index (χ2v) is 6.79. The molecule has 0 atom stereocenters. The molecule has 0 saturated carbocycles. The van der Waals surface area contributed by atoms with Crippen molar-refractivity contribution in [3.05, 3.63) is 47.7 Å². The van der Waals surface area contributed by atoms with Crippen LogP contribution in [0.3, 0.4) is 0 Å². The highest BCUT2D eigenvalue weighted by Crippen LogP contribution is 2.21. The van der Waals surface area contributed by atoms with E-state index in [1.54, 1.807) is 11.8 Å². The van der Waals surface area contributed by atoms with Crippen LogP contribution in [0.4, 0.5) is 0 Å². The zero-order chi connectivity index (χ0) is 18.8. The lowest BCUT2D eigenvalue weighted by Crippen LogP contribution is -2.43. The smallest absolute Gasteiger partial charge is 0.270 e. The van der Waals surface area contributed by atoms with Crippen molar-refractivity contribution in [3.63, 3.8) is 0 Å². The first-order chi connectivity index (χ1) is 13.1. The molecule has 0 bridgehead atoms. The van der Waals surface area contributed by atoms with Gasteiger partial charge in [-0.05, 0) is 31.9 Å². The molecule has 4 rings (SSSR count). The van der Waals surface area contributed by atoms with E-state index in [2.05, 4.69) is 20.4 Å². The molecule has 27 heavy (non-hydrogen) atoms. The van der Waals surface area contributed by atoms with Crippen LogP contribution in [0.15, 0.2) is 34.9 Å². The number of fused-ring (bicyclic) bond motifs is 1. The number of hydrogen-bond donors (Lipinski definition) is 2. The fourth-order valence-electron chi connectivity index (χ4n) is 3.42. The number of likely N-dealkylation sites (tertiary alicyclic amines) is 1. The quantitative estimate of drug-likeness (QED) is 0.734. The van der Waals surface area contributed by atoms with Crippen LogP contribution in [0.5, 0.6) is 0 Å². The molecule has 0 spiro atoms. The summed E-state index contributed by atoms with van der Waals surface area (Å²) in [7, 11) is 0. The van der Waals surface area contributed by atoms with E-state index < -0.39 is 0 Å². The SMILES string of the molecule is Cc1noc(CNC(=O)C2CCN(C(=O)c3cc4ccccc4[nH]3)CC2)n1. The van der Waals surface area contributed by atoms with Crippen LogP contribution in [0, 0.1) is 12.8 Å². The number of benzene rings is 1. The Balaban J connectivity index is 1.31. The second kappa shape index (κ2) is 7.22. The first-order valence-electron chi connectivity index (χ1n) is 9.04. The van der Waals surface area contributed by atoms with Crippen LogP contribution >= 0.6 is 0 Å². The lowest BCUT2D eigenvalue weighted by atomic mass is 9.95.